The minimum absolute atomic E-state index is 0. The van der Waals surface area contributed by atoms with Crippen molar-refractivity contribution in [2.45, 2.75) is 12.6 Å². The standard InChI is InChI=1S/C19H23ClN4O2.ClH/c1-23(2)10-3-11-24-18(13-22-19(24)25)21-12-16-8-9-17(26-16)14-4-6-15(20)7-5-14;/h4-9,12,18H,3,10-11,13H2,1-2H3,(H,22,25);1H. The van der Waals surface area contributed by atoms with Crippen molar-refractivity contribution in [3.05, 3.63) is 47.2 Å². The first kappa shape index (κ1) is 21.3. The number of halogens is 2. The third-order valence-corrected chi connectivity index (χ3v) is 4.44. The molecule has 2 heterocycles. The summed E-state index contributed by atoms with van der Waals surface area (Å²) >= 11 is 5.91. The van der Waals surface area contributed by atoms with E-state index in [9.17, 15) is 4.79 Å². The number of rotatable bonds is 7. The van der Waals surface area contributed by atoms with Gasteiger partial charge in [-0.25, -0.2) is 4.79 Å². The first-order valence-corrected chi connectivity index (χ1v) is 8.99. The van der Waals surface area contributed by atoms with Crippen LogP contribution in [0.15, 0.2) is 45.8 Å². The van der Waals surface area contributed by atoms with E-state index in [0.717, 1.165) is 24.3 Å². The molecule has 1 N–H and O–H groups in total. The van der Waals surface area contributed by atoms with Crippen molar-refractivity contribution < 1.29 is 9.21 Å². The number of hydrogen-bond donors (Lipinski definition) is 1. The molecule has 2 aromatic rings. The number of nitrogens with zero attached hydrogens (tertiary/aromatic N) is 3. The summed E-state index contributed by atoms with van der Waals surface area (Å²) in [7, 11) is 4.05. The number of furan rings is 1. The minimum Gasteiger partial charge on any atom is -0.455 e. The molecule has 3 rings (SSSR count). The van der Waals surface area contributed by atoms with Crippen LogP contribution in [0.3, 0.4) is 0 Å². The second kappa shape index (κ2) is 9.78. The van der Waals surface area contributed by atoms with Crippen LogP contribution in [0.25, 0.3) is 11.3 Å². The van der Waals surface area contributed by atoms with Crippen LogP contribution in [-0.2, 0) is 0 Å². The second-order valence-corrected chi connectivity index (χ2v) is 6.94. The van der Waals surface area contributed by atoms with Crippen LogP contribution < -0.4 is 5.32 Å². The fraction of sp³-hybridized carbons (Fsp3) is 0.368. The zero-order chi connectivity index (χ0) is 18.5. The van der Waals surface area contributed by atoms with E-state index in [2.05, 4.69) is 15.2 Å². The normalized spacial score (nSPS) is 16.8. The Balaban J connectivity index is 0.00000261. The molecule has 2 amide bonds. The Morgan fingerprint density at radius 2 is 2.04 bits per heavy atom. The summed E-state index contributed by atoms with van der Waals surface area (Å²) in [6, 6.07) is 11.2. The Labute approximate surface area is 170 Å². The van der Waals surface area contributed by atoms with Gasteiger partial charge in [-0.1, -0.05) is 11.6 Å². The molecule has 6 nitrogen and oxygen atoms in total. The van der Waals surface area contributed by atoms with E-state index in [1.54, 1.807) is 11.1 Å². The summed E-state index contributed by atoms with van der Waals surface area (Å²) in [5, 5.41) is 3.54. The third kappa shape index (κ3) is 5.73. The highest BCUT2D eigenvalue weighted by atomic mass is 35.5. The van der Waals surface area contributed by atoms with E-state index in [0.29, 0.717) is 23.9 Å². The van der Waals surface area contributed by atoms with Gasteiger partial charge in [0.05, 0.1) is 12.8 Å². The van der Waals surface area contributed by atoms with Crippen LogP contribution in [-0.4, -0.2) is 61.9 Å². The van der Waals surface area contributed by atoms with Gasteiger partial charge < -0.3 is 19.5 Å². The van der Waals surface area contributed by atoms with E-state index >= 15 is 0 Å². The SMILES string of the molecule is CN(C)CCCN1C(=O)NCC1N=Cc1ccc(-c2ccc(Cl)cc2)o1.Cl. The van der Waals surface area contributed by atoms with E-state index in [4.69, 9.17) is 16.0 Å². The maximum absolute atomic E-state index is 12.0. The molecule has 1 aliphatic rings. The Morgan fingerprint density at radius 1 is 1.30 bits per heavy atom. The smallest absolute Gasteiger partial charge is 0.319 e. The Kier molecular flexibility index (Phi) is 7.71. The monoisotopic (exact) mass is 410 g/mol. The van der Waals surface area contributed by atoms with Gasteiger partial charge in [0.15, 0.2) is 0 Å². The number of aliphatic imine (C=N–C) groups is 1. The van der Waals surface area contributed by atoms with Crippen LogP contribution >= 0.6 is 24.0 Å². The number of urea groups is 1. The third-order valence-electron chi connectivity index (χ3n) is 4.19. The summed E-state index contributed by atoms with van der Waals surface area (Å²) in [5.74, 6) is 1.41. The number of hydrogen-bond acceptors (Lipinski definition) is 4. The molecule has 1 fully saturated rings. The van der Waals surface area contributed by atoms with Crippen LogP contribution in [0, 0.1) is 0 Å². The average molecular weight is 411 g/mol. The molecule has 1 atom stereocenters. The van der Waals surface area contributed by atoms with Crippen molar-refractivity contribution in [1.29, 1.82) is 0 Å². The molecule has 1 aliphatic heterocycles. The van der Waals surface area contributed by atoms with Crippen LogP contribution in [0.4, 0.5) is 4.79 Å². The number of benzene rings is 1. The van der Waals surface area contributed by atoms with Gasteiger partial charge in [0.25, 0.3) is 0 Å². The largest absolute Gasteiger partial charge is 0.455 e. The molecule has 27 heavy (non-hydrogen) atoms. The topological polar surface area (TPSA) is 61.1 Å². The van der Waals surface area contributed by atoms with E-state index in [-0.39, 0.29) is 24.6 Å². The first-order chi connectivity index (χ1) is 12.5. The van der Waals surface area contributed by atoms with Gasteiger partial charge in [-0.15, -0.1) is 12.4 Å². The van der Waals surface area contributed by atoms with Crippen molar-refractivity contribution in [2.75, 3.05) is 33.7 Å². The van der Waals surface area contributed by atoms with Gasteiger partial charge in [-0.2, -0.15) is 0 Å². The molecule has 0 radical (unpaired) electrons. The summed E-state index contributed by atoms with van der Waals surface area (Å²) < 4.78 is 5.82. The van der Waals surface area contributed by atoms with Gasteiger partial charge in [0.1, 0.15) is 17.7 Å². The highest BCUT2D eigenvalue weighted by Gasteiger charge is 2.29. The summed E-state index contributed by atoms with van der Waals surface area (Å²) in [5.41, 5.74) is 0.956. The number of nitrogens with one attached hydrogen (secondary N) is 1. The molecule has 0 aliphatic carbocycles. The quantitative estimate of drug-likeness (QED) is 0.707. The fourth-order valence-electron chi connectivity index (χ4n) is 2.82. The van der Waals surface area contributed by atoms with Gasteiger partial charge in [0.2, 0.25) is 0 Å². The van der Waals surface area contributed by atoms with E-state index < -0.39 is 0 Å². The Bertz CT molecular complexity index is 774. The molecular formula is C19H24Cl2N4O2. The lowest BCUT2D eigenvalue weighted by Crippen LogP contribution is -2.35. The molecule has 1 saturated heterocycles. The molecule has 1 aromatic heterocycles. The lowest BCUT2D eigenvalue weighted by Gasteiger charge is -2.20. The van der Waals surface area contributed by atoms with Crippen molar-refractivity contribution in [3.8, 4) is 11.3 Å². The van der Waals surface area contributed by atoms with Gasteiger partial charge in [-0.05, 0) is 63.5 Å². The summed E-state index contributed by atoms with van der Waals surface area (Å²) in [6.07, 6.45) is 2.39. The van der Waals surface area contributed by atoms with Crippen molar-refractivity contribution in [2.24, 2.45) is 4.99 Å². The lowest BCUT2D eigenvalue weighted by atomic mass is 10.2. The van der Waals surface area contributed by atoms with Crippen LogP contribution in [0.5, 0.6) is 0 Å². The van der Waals surface area contributed by atoms with Crippen LogP contribution in [0.1, 0.15) is 12.2 Å². The first-order valence-electron chi connectivity index (χ1n) is 8.61. The zero-order valence-corrected chi connectivity index (χ0v) is 17.0. The van der Waals surface area contributed by atoms with Gasteiger partial charge in [-0.3, -0.25) is 4.99 Å². The summed E-state index contributed by atoms with van der Waals surface area (Å²) in [4.78, 5) is 20.4. The maximum atomic E-state index is 12.0. The van der Waals surface area contributed by atoms with E-state index in [1.165, 1.54) is 0 Å². The second-order valence-electron chi connectivity index (χ2n) is 6.50. The lowest BCUT2D eigenvalue weighted by molar-refractivity contribution is 0.201. The molecular weight excluding hydrogens is 387 g/mol. The minimum atomic E-state index is -0.200. The van der Waals surface area contributed by atoms with Gasteiger partial charge in [0, 0.05) is 17.1 Å². The maximum Gasteiger partial charge on any atom is 0.319 e. The van der Waals surface area contributed by atoms with E-state index in [1.807, 2.05) is 50.5 Å². The molecule has 1 aromatic carbocycles. The highest BCUT2D eigenvalue weighted by Crippen LogP contribution is 2.23. The molecule has 8 heteroatoms. The highest BCUT2D eigenvalue weighted by molar-refractivity contribution is 6.30. The number of carbonyl (C=O) groups is 1. The zero-order valence-electron chi connectivity index (χ0n) is 15.4. The summed E-state index contributed by atoms with van der Waals surface area (Å²) in [6.45, 7) is 2.13. The molecule has 0 spiro atoms. The van der Waals surface area contributed by atoms with Crippen molar-refractivity contribution >= 4 is 36.3 Å². The van der Waals surface area contributed by atoms with Crippen molar-refractivity contribution in [1.82, 2.24) is 15.1 Å². The Morgan fingerprint density at radius 3 is 2.74 bits per heavy atom. The van der Waals surface area contributed by atoms with Gasteiger partial charge >= 0.3 is 6.03 Å². The van der Waals surface area contributed by atoms with Crippen LogP contribution in [0.2, 0.25) is 5.02 Å². The average Bonchev–Trinajstić information content (AvgIpc) is 3.21. The molecule has 146 valence electrons. The predicted octanol–water partition coefficient (Wildman–Crippen LogP) is 3.74. The molecule has 0 saturated carbocycles. The van der Waals surface area contributed by atoms with Crippen molar-refractivity contribution in [3.63, 3.8) is 0 Å². The Hall–Kier alpha value is -2.02. The molecule has 0 bridgehead atoms. The fourth-order valence-corrected chi connectivity index (χ4v) is 2.94. The predicted molar refractivity (Wildman–Crippen MR) is 111 cm³/mol. The number of carbonyl (C=O) groups excluding carboxylic acids is 1. The number of amides is 2. The molecule has 1 unspecified atom stereocenters.